The molecular formula is C14H20N4OS. The molecule has 2 unspecified atom stereocenters. The van der Waals surface area contributed by atoms with Crippen molar-refractivity contribution in [3.63, 3.8) is 0 Å². The number of hydrogen-bond donors (Lipinski definition) is 1. The van der Waals surface area contributed by atoms with Gasteiger partial charge in [-0.15, -0.1) is 11.3 Å². The lowest BCUT2D eigenvalue weighted by molar-refractivity contribution is 0.0904. The van der Waals surface area contributed by atoms with Crippen LogP contribution >= 0.6 is 11.3 Å². The maximum absolute atomic E-state index is 5.87. The Morgan fingerprint density at radius 3 is 3.15 bits per heavy atom. The standard InChI is InChI=1S/C14H20N4OS/c1-10-13(20-9-16-10)7-15-5-11-3-4-19-14(11)12-6-17-18(2)8-12/h6,8-9,11,14-15H,3-5,7H2,1-2H3. The fourth-order valence-corrected chi connectivity index (χ4v) is 3.41. The van der Waals surface area contributed by atoms with Gasteiger partial charge in [0.15, 0.2) is 0 Å². The second-order valence-electron chi connectivity index (χ2n) is 5.28. The van der Waals surface area contributed by atoms with Gasteiger partial charge in [-0.25, -0.2) is 4.98 Å². The first-order chi connectivity index (χ1) is 9.74. The van der Waals surface area contributed by atoms with E-state index in [9.17, 15) is 0 Å². The van der Waals surface area contributed by atoms with Crippen LogP contribution in [-0.4, -0.2) is 27.9 Å². The van der Waals surface area contributed by atoms with Crippen molar-refractivity contribution < 1.29 is 4.74 Å². The highest BCUT2D eigenvalue weighted by Gasteiger charge is 2.30. The Hall–Kier alpha value is -1.24. The van der Waals surface area contributed by atoms with Crippen LogP contribution in [0.5, 0.6) is 0 Å². The van der Waals surface area contributed by atoms with Crippen molar-refractivity contribution in [1.82, 2.24) is 20.1 Å². The Labute approximate surface area is 123 Å². The molecule has 1 aliphatic heterocycles. The molecule has 0 spiro atoms. The van der Waals surface area contributed by atoms with Gasteiger partial charge in [0.2, 0.25) is 0 Å². The Morgan fingerprint density at radius 2 is 2.45 bits per heavy atom. The van der Waals surface area contributed by atoms with Crippen LogP contribution in [0.3, 0.4) is 0 Å². The van der Waals surface area contributed by atoms with Crippen LogP contribution in [0, 0.1) is 12.8 Å². The van der Waals surface area contributed by atoms with Gasteiger partial charge in [0, 0.05) is 49.3 Å². The predicted molar refractivity (Wildman–Crippen MR) is 78.6 cm³/mol. The molecule has 0 aliphatic carbocycles. The average Bonchev–Trinajstić information content (AvgIpc) is 3.12. The van der Waals surface area contributed by atoms with E-state index in [1.54, 1.807) is 11.3 Å². The van der Waals surface area contributed by atoms with Crippen molar-refractivity contribution >= 4 is 11.3 Å². The molecule has 1 saturated heterocycles. The number of aryl methyl sites for hydroxylation is 2. The van der Waals surface area contributed by atoms with E-state index in [2.05, 4.69) is 28.5 Å². The molecule has 2 atom stereocenters. The maximum Gasteiger partial charge on any atom is 0.0896 e. The molecule has 3 rings (SSSR count). The third-order valence-corrected chi connectivity index (χ3v) is 4.74. The molecule has 0 saturated carbocycles. The van der Waals surface area contributed by atoms with Crippen LogP contribution in [0.25, 0.3) is 0 Å². The lowest BCUT2D eigenvalue weighted by Crippen LogP contribution is -2.24. The number of nitrogens with one attached hydrogen (secondary N) is 1. The van der Waals surface area contributed by atoms with E-state index >= 15 is 0 Å². The van der Waals surface area contributed by atoms with E-state index < -0.39 is 0 Å². The minimum absolute atomic E-state index is 0.179. The first-order valence-corrected chi connectivity index (χ1v) is 7.82. The largest absolute Gasteiger partial charge is 0.373 e. The number of thiazole rings is 1. The van der Waals surface area contributed by atoms with Crippen molar-refractivity contribution in [1.29, 1.82) is 0 Å². The van der Waals surface area contributed by atoms with Crippen molar-refractivity contribution in [3.8, 4) is 0 Å². The first kappa shape index (κ1) is 13.7. The molecule has 1 N–H and O–H groups in total. The Balaban J connectivity index is 1.55. The molecular weight excluding hydrogens is 272 g/mol. The first-order valence-electron chi connectivity index (χ1n) is 6.94. The molecule has 2 aromatic rings. The number of aromatic nitrogens is 3. The molecule has 0 amide bonds. The monoisotopic (exact) mass is 292 g/mol. The molecule has 0 aromatic carbocycles. The smallest absolute Gasteiger partial charge is 0.0896 e. The number of rotatable bonds is 5. The van der Waals surface area contributed by atoms with Crippen molar-refractivity contribution in [2.24, 2.45) is 13.0 Å². The lowest BCUT2D eigenvalue weighted by atomic mass is 9.97. The third-order valence-electron chi connectivity index (χ3n) is 3.80. The van der Waals surface area contributed by atoms with E-state index in [1.165, 1.54) is 10.4 Å². The van der Waals surface area contributed by atoms with Crippen molar-refractivity contribution in [2.75, 3.05) is 13.2 Å². The quantitative estimate of drug-likeness (QED) is 0.916. The summed E-state index contributed by atoms with van der Waals surface area (Å²) < 4.78 is 7.71. The highest BCUT2D eigenvalue weighted by atomic mass is 32.1. The fourth-order valence-electron chi connectivity index (χ4n) is 2.67. The predicted octanol–water partition coefficient (Wildman–Crippen LogP) is 2.05. The molecule has 5 nitrogen and oxygen atoms in total. The average molecular weight is 292 g/mol. The lowest BCUT2D eigenvalue weighted by Gasteiger charge is -2.17. The second-order valence-corrected chi connectivity index (χ2v) is 6.22. The Morgan fingerprint density at radius 1 is 1.55 bits per heavy atom. The fraction of sp³-hybridized carbons (Fsp3) is 0.571. The van der Waals surface area contributed by atoms with E-state index in [-0.39, 0.29) is 6.10 Å². The molecule has 1 fully saturated rings. The zero-order chi connectivity index (χ0) is 13.9. The zero-order valence-electron chi connectivity index (χ0n) is 11.9. The summed E-state index contributed by atoms with van der Waals surface area (Å²) in [4.78, 5) is 5.60. The summed E-state index contributed by atoms with van der Waals surface area (Å²) in [5.74, 6) is 0.521. The molecule has 0 radical (unpaired) electrons. The maximum atomic E-state index is 5.87. The highest BCUT2D eigenvalue weighted by Crippen LogP contribution is 2.33. The number of ether oxygens (including phenoxy) is 1. The topological polar surface area (TPSA) is 52.0 Å². The van der Waals surface area contributed by atoms with Crippen LogP contribution in [-0.2, 0) is 18.3 Å². The molecule has 20 heavy (non-hydrogen) atoms. The molecule has 1 aliphatic rings. The molecule has 3 heterocycles. The third kappa shape index (κ3) is 2.92. The molecule has 6 heteroatoms. The van der Waals surface area contributed by atoms with Gasteiger partial charge in [-0.1, -0.05) is 0 Å². The molecule has 2 aromatic heterocycles. The minimum Gasteiger partial charge on any atom is -0.373 e. The van der Waals surface area contributed by atoms with E-state index in [0.717, 1.165) is 31.8 Å². The van der Waals surface area contributed by atoms with Crippen LogP contribution < -0.4 is 5.32 Å². The van der Waals surface area contributed by atoms with E-state index in [0.29, 0.717) is 5.92 Å². The summed E-state index contributed by atoms with van der Waals surface area (Å²) in [6.45, 7) is 4.76. The summed E-state index contributed by atoms with van der Waals surface area (Å²) in [7, 11) is 1.94. The van der Waals surface area contributed by atoms with Gasteiger partial charge in [-0.3, -0.25) is 4.68 Å². The Bertz CT molecular complexity index is 565. The van der Waals surface area contributed by atoms with E-state index in [1.807, 2.05) is 23.4 Å². The summed E-state index contributed by atoms with van der Waals surface area (Å²) >= 11 is 1.71. The van der Waals surface area contributed by atoms with Gasteiger partial charge in [0.1, 0.15) is 0 Å². The zero-order valence-corrected chi connectivity index (χ0v) is 12.7. The van der Waals surface area contributed by atoms with Gasteiger partial charge < -0.3 is 10.1 Å². The molecule has 108 valence electrons. The van der Waals surface area contributed by atoms with Crippen molar-refractivity contribution in [3.05, 3.63) is 34.0 Å². The van der Waals surface area contributed by atoms with Crippen LogP contribution in [0.15, 0.2) is 17.9 Å². The van der Waals surface area contributed by atoms with Crippen LogP contribution in [0.1, 0.15) is 28.7 Å². The minimum atomic E-state index is 0.179. The Kier molecular flexibility index (Phi) is 4.14. The second kappa shape index (κ2) is 6.03. The molecule has 0 bridgehead atoms. The number of hydrogen-bond acceptors (Lipinski definition) is 5. The van der Waals surface area contributed by atoms with Gasteiger partial charge in [-0.2, -0.15) is 5.10 Å². The summed E-state index contributed by atoms with van der Waals surface area (Å²) in [5, 5.41) is 7.78. The van der Waals surface area contributed by atoms with E-state index in [4.69, 9.17) is 4.74 Å². The van der Waals surface area contributed by atoms with Gasteiger partial charge in [0.05, 0.1) is 23.5 Å². The van der Waals surface area contributed by atoms with Gasteiger partial charge in [0.25, 0.3) is 0 Å². The van der Waals surface area contributed by atoms with Crippen LogP contribution in [0.4, 0.5) is 0 Å². The number of nitrogens with zero attached hydrogens (tertiary/aromatic N) is 3. The van der Waals surface area contributed by atoms with Crippen molar-refractivity contribution in [2.45, 2.75) is 26.0 Å². The highest BCUT2D eigenvalue weighted by molar-refractivity contribution is 7.09. The van der Waals surface area contributed by atoms with Gasteiger partial charge in [-0.05, 0) is 13.3 Å². The normalized spacial score (nSPS) is 22.5. The summed E-state index contributed by atoms with van der Waals surface area (Å²) in [6, 6.07) is 0. The van der Waals surface area contributed by atoms with Crippen LogP contribution in [0.2, 0.25) is 0 Å². The summed E-state index contributed by atoms with van der Waals surface area (Å²) in [5.41, 5.74) is 4.23. The summed E-state index contributed by atoms with van der Waals surface area (Å²) in [6.07, 6.45) is 5.25. The SMILES string of the molecule is Cc1ncsc1CNCC1CCOC1c1cnn(C)c1. The van der Waals surface area contributed by atoms with Gasteiger partial charge >= 0.3 is 0 Å².